The number of hydrazone groups is 1. The largest absolute Gasteiger partial charge is 0.446 e. The van der Waals surface area contributed by atoms with Gasteiger partial charge >= 0.3 is 12.3 Å². The van der Waals surface area contributed by atoms with Gasteiger partial charge in [0.1, 0.15) is 17.6 Å². The molecule has 4 atom stereocenters. The zero-order valence-electron chi connectivity index (χ0n) is 17.5. The van der Waals surface area contributed by atoms with Crippen LogP contribution in [0, 0.1) is 5.92 Å². The summed E-state index contributed by atoms with van der Waals surface area (Å²) < 4.78 is 44.4. The van der Waals surface area contributed by atoms with Gasteiger partial charge in [0.25, 0.3) is 5.91 Å². The molecule has 0 radical (unpaired) electrons. The highest BCUT2D eigenvalue weighted by molar-refractivity contribution is 6.05. The summed E-state index contributed by atoms with van der Waals surface area (Å²) in [5, 5.41) is 14.3. The third kappa shape index (κ3) is 5.85. The van der Waals surface area contributed by atoms with Gasteiger partial charge in [0.05, 0.1) is 18.7 Å². The SMILES string of the molecule is CC(CC(F)(F)F)N(C)C(=O)O[C@@H]1CC[C@H](C2CC(NC(=O)c3cnnn3C)=NN2)C1. The van der Waals surface area contributed by atoms with Crippen molar-refractivity contribution < 1.29 is 27.5 Å². The highest BCUT2D eigenvalue weighted by Gasteiger charge is 2.38. The summed E-state index contributed by atoms with van der Waals surface area (Å²) >= 11 is 0. The second kappa shape index (κ2) is 9.10. The first kappa shape index (κ1) is 22.8. The maximum Gasteiger partial charge on any atom is 0.410 e. The molecule has 2 amide bonds. The van der Waals surface area contributed by atoms with Gasteiger partial charge in [-0.05, 0) is 32.1 Å². The quantitative estimate of drug-likeness (QED) is 0.715. The molecule has 0 spiro atoms. The van der Waals surface area contributed by atoms with E-state index in [1.165, 1.54) is 24.9 Å². The molecule has 3 rings (SSSR count). The predicted molar refractivity (Wildman–Crippen MR) is 103 cm³/mol. The number of carbonyl (C=O) groups is 2. The Morgan fingerprint density at radius 2 is 2.16 bits per heavy atom. The van der Waals surface area contributed by atoms with Gasteiger partial charge in [-0.1, -0.05) is 5.21 Å². The van der Waals surface area contributed by atoms with Crippen LogP contribution in [0.25, 0.3) is 0 Å². The molecule has 0 aromatic carbocycles. The fourth-order valence-electron chi connectivity index (χ4n) is 3.83. The number of hydrogen-bond donors (Lipinski definition) is 2. The predicted octanol–water partition coefficient (Wildman–Crippen LogP) is 1.80. The van der Waals surface area contributed by atoms with E-state index in [1.807, 2.05) is 0 Å². The van der Waals surface area contributed by atoms with Crippen LogP contribution in [0.4, 0.5) is 18.0 Å². The van der Waals surface area contributed by atoms with Crippen LogP contribution in [0.1, 0.15) is 49.5 Å². The van der Waals surface area contributed by atoms with Crippen LogP contribution in [0.3, 0.4) is 0 Å². The number of aryl methyl sites for hydroxylation is 1. The van der Waals surface area contributed by atoms with Crippen LogP contribution in [0.2, 0.25) is 0 Å². The number of rotatable bonds is 5. The maximum absolute atomic E-state index is 12.5. The highest BCUT2D eigenvalue weighted by Crippen LogP contribution is 2.33. The number of nitrogens with one attached hydrogen (secondary N) is 2. The number of carbonyl (C=O) groups excluding carboxylic acids is 2. The number of amides is 2. The molecule has 1 aliphatic carbocycles. The zero-order chi connectivity index (χ0) is 22.8. The summed E-state index contributed by atoms with van der Waals surface area (Å²) in [4.78, 5) is 25.4. The van der Waals surface area contributed by atoms with Crippen molar-refractivity contribution in [3.63, 3.8) is 0 Å². The van der Waals surface area contributed by atoms with Gasteiger partial charge < -0.3 is 20.4 Å². The Morgan fingerprint density at radius 3 is 2.81 bits per heavy atom. The van der Waals surface area contributed by atoms with Crippen LogP contribution in [-0.4, -0.2) is 69.1 Å². The Kier molecular flexibility index (Phi) is 6.70. The van der Waals surface area contributed by atoms with Crippen molar-refractivity contribution in [2.24, 2.45) is 18.1 Å². The Morgan fingerprint density at radius 1 is 1.42 bits per heavy atom. The fourth-order valence-corrected chi connectivity index (χ4v) is 3.83. The van der Waals surface area contributed by atoms with Gasteiger partial charge in [-0.3, -0.25) is 4.79 Å². The van der Waals surface area contributed by atoms with Gasteiger partial charge in [0.2, 0.25) is 0 Å². The fraction of sp³-hybridized carbons (Fsp3) is 0.722. The third-order valence-corrected chi connectivity index (χ3v) is 5.72. The van der Waals surface area contributed by atoms with E-state index in [0.29, 0.717) is 30.8 Å². The monoisotopic (exact) mass is 445 g/mol. The summed E-state index contributed by atoms with van der Waals surface area (Å²) in [6, 6.07) is -1.03. The molecule has 1 saturated carbocycles. The van der Waals surface area contributed by atoms with Crippen molar-refractivity contribution in [1.82, 2.24) is 30.6 Å². The molecule has 2 unspecified atom stereocenters. The molecule has 2 aliphatic rings. The van der Waals surface area contributed by atoms with Crippen molar-refractivity contribution in [2.75, 3.05) is 7.05 Å². The average molecular weight is 445 g/mol. The molecule has 2 heterocycles. The Bertz CT molecular complexity index is 842. The van der Waals surface area contributed by atoms with E-state index in [1.54, 1.807) is 7.05 Å². The standard InChI is InChI=1S/C18H26F3N7O3/c1-10(8-18(19,20)21)27(2)17(30)31-12-5-4-11(6-12)13-7-15(25-24-13)23-16(29)14-9-22-26-28(14)3/h9-13,24H,4-8H2,1-3H3,(H,23,25,29)/t10?,11-,12+,13?/m0/s1. The lowest BCUT2D eigenvalue weighted by Gasteiger charge is -2.26. The van der Waals surface area contributed by atoms with Crippen LogP contribution in [0.5, 0.6) is 0 Å². The van der Waals surface area contributed by atoms with E-state index in [4.69, 9.17) is 4.74 Å². The summed E-state index contributed by atoms with van der Waals surface area (Å²) in [5.41, 5.74) is 3.32. The lowest BCUT2D eigenvalue weighted by atomic mass is 9.96. The molecule has 1 aliphatic heterocycles. The molecule has 1 aromatic rings. The molecule has 2 N–H and O–H groups in total. The molecular formula is C18H26F3N7O3. The highest BCUT2D eigenvalue weighted by atomic mass is 19.4. The number of halogens is 3. The number of alkyl halides is 3. The minimum Gasteiger partial charge on any atom is -0.446 e. The minimum absolute atomic E-state index is 0.0226. The maximum atomic E-state index is 12.5. The Labute approximate surface area is 177 Å². The normalized spacial score (nSPS) is 24.3. The topological polar surface area (TPSA) is 114 Å². The smallest absolute Gasteiger partial charge is 0.410 e. The van der Waals surface area contributed by atoms with Crippen molar-refractivity contribution in [3.8, 4) is 0 Å². The first-order valence-electron chi connectivity index (χ1n) is 10.0. The molecule has 1 fully saturated rings. The van der Waals surface area contributed by atoms with Crippen LogP contribution >= 0.6 is 0 Å². The van der Waals surface area contributed by atoms with E-state index in [2.05, 4.69) is 26.2 Å². The van der Waals surface area contributed by atoms with Gasteiger partial charge in [0, 0.05) is 26.6 Å². The van der Waals surface area contributed by atoms with E-state index >= 15 is 0 Å². The number of nitrogens with zero attached hydrogens (tertiary/aromatic N) is 5. The number of amidine groups is 1. The third-order valence-electron chi connectivity index (χ3n) is 5.72. The number of hydrogen-bond acceptors (Lipinski definition) is 7. The van der Waals surface area contributed by atoms with E-state index in [-0.39, 0.29) is 24.0 Å². The Balaban J connectivity index is 1.44. The van der Waals surface area contributed by atoms with Crippen molar-refractivity contribution in [3.05, 3.63) is 11.9 Å². The molecule has 13 heteroatoms. The summed E-state index contributed by atoms with van der Waals surface area (Å²) in [6.45, 7) is 1.34. The summed E-state index contributed by atoms with van der Waals surface area (Å²) in [6.07, 6.45) is -2.70. The van der Waals surface area contributed by atoms with E-state index < -0.39 is 24.7 Å². The van der Waals surface area contributed by atoms with Crippen LogP contribution in [0.15, 0.2) is 11.3 Å². The van der Waals surface area contributed by atoms with Crippen LogP contribution < -0.4 is 10.7 Å². The zero-order valence-corrected chi connectivity index (χ0v) is 17.5. The van der Waals surface area contributed by atoms with Gasteiger partial charge in [0.15, 0.2) is 0 Å². The molecule has 1 aromatic heterocycles. The van der Waals surface area contributed by atoms with E-state index in [0.717, 1.165) is 11.3 Å². The molecular weight excluding hydrogens is 419 g/mol. The second-order valence-corrected chi connectivity index (χ2v) is 8.05. The second-order valence-electron chi connectivity index (χ2n) is 8.05. The van der Waals surface area contributed by atoms with Crippen molar-refractivity contribution >= 4 is 17.8 Å². The molecule has 0 bridgehead atoms. The van der Waals surface area contributed by atoms with E-state index in [9.17, 15) is 22.8 Å². The lowest BCUT2D eigenvalue weighted by Crippen LogP contribution is -2.39. The first-order chi connectivity index (χ1) is 14.5. The number of aromatic nitrogens is 3. The van der Waals surface area contributed by atoms with Crippen LogP contribution in [-0.2, 0) is 11.8 Å². The van der Waals surface area contributed by atoms with Gasteiger partial charge in [-0.25, -0.2) is 9.48 Å². The molecule has 172 valence electrons. The van der Waals surface area contributed by atoms with Crippen molar-refractivity contribution in [2.45, 2.75) is 63.4 Å². The van der Waals surface area contributed by atoms with Gasteiger partial charge in [-0.15, -0.1) is 5.10 Å². The van der Waals surface area contributed by atoms with Crippen molar-refractivity contribution in [1.29, 1.82) is 0 Å². The lowest BCUT2D eigenvalue weighted by molar-refractivity contribution is -0.144. The minimum atomic E-state index is -4.35. The first-order valence-corrected chi connectivity index (χ1v) is 10.0. The molecule has 31 heavy (non-hydrogen) atoms. The summed E-state index contributed by atoms with van der Waals surface area (Å²) in [5.74, 6) is 0.299. The molecule has 10 nitrogen and oxygen atoms in total. The molecule has 0 saturated heterocycles. The van der Waals surface area contributed by atoms with Gasteiger partial charge in [-0.2, -0.15) is 18.3 Å². The summed E-state index contributed by atoms with van der Waals surface area (Å²) in [7, 11) is 2.92. The number of ether oxygens (including phenoxy) is 1. The average Bonchev–Trinajstić information content (AvgIpc) is 3.40. The Hall–Kier alpha value is -2.86.